The highest BCUT2D eigenvalue weighted by Gasteiger charge is 2.12. The van der Waals surface area contributed by atoms with Gasteiger partial charge in [0.25, 0.3) is 0 Å². The van der Waals surface area contributed by atoms with Crippen molar-refractivity contribution in [3.63, 3.8) is 0 Å². The van der Waals surface area contributed by atoms with Crippen LogP contribution in [-0.2, 0) is 0 Å². The quantitative estimate of drug-likeness (QED) is 0.591. The molecule has 0 amide bonds. The molecule has 0 aliphatic carbocycles. The highest BCUT2D eigenvalue weighted by Crippen LogP contribution is 2.30. The number of nitrogens with one attached hydrogen (secondary N) is 1. The molecule has 0 aliphatic heterocycles. The Kier molecular flexibility index (Phi) is 5.09. The first-order valence-corrected chi connectivity index (χ1v) is 8.18. The molecule has 3 aromatic rings. The first-order chi connectivity index (χ1) is 12.2. The van der Waals surface area contributed by atoms with Crippen LogP contribution in [0.15, 0.2) is 55.1 Å². The molecule has 0 saturated carbocycles. The van der Waals surface area contributed by atoms with Gasteiger partial charge in [-0.25, -0.2) is 4.98 Å². The van der Waals surface area contributed by atoms with Crippen molar-refractivity contribution >= 4 is 5.82 Å². The predicted octanol–water partition coefficient (Wildman–Crippen LogP) is 3.90. The molecule has 25 heavy (non-hydrogen) atoms. The van der Waals surface area contributed by atoms with Crippen molar-refractivity contribution in [3.8, 4) is 22.8 Å². The molecule has 3 rings (SSSR count). The van der Waals surface area contributed by atoms with E-state index in [4.69, 9.17) is 0 Å². The number of pyridine rings is 1. The minimum atomic E-state index is -0.183. The van der Waals surface area contributed by atoms with Crippen LogP contribution in [0.5, 0.6) is 11.5 Å². The first-order valence-electron chi connectivity index (χ1n) is 8.18. The minimum absolute atomic E-state index is 0.0940. The third-order valence-electron chi connectivity index (χ3n) is 3.89. The molecular formula is C19H20N4O2. The summed E-state index contributed by atoms with van der Waals surface area (Å²) in [4.78, 5) is 13.0. The molecule has 0 aliphatic rings. The van der Waals surface area contributed by atoms with Crippen LogP contribution in [0.1, 0.15) is 31.4 Å². The third-order valence-corrected chi connectivity index (χ3v) is 3.89. The van der Waals surface area contributed by atoms with Gasteiger partial charge in [-0.2, -0.15) is 0 Å². The molecular weight excluding hydrogens is 316 g/mol. The molecule has 0 unspecified atom stereocenters. The van der Waals surface area contributed by atoms with Crippen LogP contribution in [0.25, 0.3) is 11.3 Å². The van der Waals surface area contributed by atoms with Crippen LogP contribution in [0.2, 0.25) is 0 Å². The molecule has 0 bridgehead atoms. The second-order valence-corrected chi connectivity index (χ2v) is 5.77. The third kappa shape index (κ3) is 4.03. The minimum Gasteiger partial charge on any atom is -0.504 e. The van der Waals surface area contributed by atoms with E-state index >= 15 is 0 Å². The van der Waals surface area contributed by atoms with Crippen LogP contribution < -0.4 is 5.32 Å². The van der Waals surface area contributed by atoms with Crippen LogP contribution in [0.4, 0.5) is 5.82 Å². The Morgan fingerprint density at radius 2 is 1.92 bits per heavy atom. The lowest BCUT2D eigenvalue weighted by molar-refractivity contribution is 0.404. The van der Waals surface area contributed by atoms with E-state index in [0.29, 0.717) is 17.1 Å². The van der Waals surface area contributed by atoms with E-state index in [0.717, 1.165) is 18.4 Å². The van der Waals surface area contributed by atoms with Gasteiger partial charge in [-0.05, 0) is 36.2 Å². The zero-order chi connectivity index (χ0) is 17.6. The number of anilines is 1. The van der Waals surface area contributed by atoms with E-state index in [1.54, 1.807) is 24.7 Å². The fourth-order valence-corrected chi connectivity index (χ4v) is 2.63. The molecule has 1 aromatic carbocycles. The Morgan fingerprint density at radius 3 is 2.64 bits per heavy atom. The van der Waals surface area contributed by atoms with Gasteiger partial charge in [0.05, 0.1) is 24.1 Å². The van der Waals surface area contributed by atoms with Gasteiger partial charge in [-0.15, -0.1) is 0 Å². The summed E-state index contributed by atoms with van der Waals surface area (Å²) in [6.45, 7) is 2.13. The molecule has 6 nitrogen and oxygen atoms in total. The maximum atomic E-state index is 9.67. The average molecular weight is 336 g/mol. The van der Waals surface area contributed by atoms with E-state index in [1.807, 2.05) is 18.3 Å². The number of benzene rings is 1. The van der Waals surface area contributed by atoms with Gasteiger partial charge in [-0.3, -0.25) is 9.97 Å². The molecule has 3 N–H and O–H groups in total. The van der Waals surface area contributed by atoms with E-state index in [1.165, 1.54) is 12.1 Å². The van der Waals surface area contributed by atoms with Gasteiger partial charge in [-0.1, -0.05) is 19.4 Å². The van der Waals surface area contributed by atoms with Crippen molar-refractivity contribution in [1.82, 2.24) is 15.0 Å². The van der Waals surface area contributed by atoms with E-state index in [2.05, 4.69) is 27.2 Å². The highest BCUT2D eigenvalue weighted by atomic mass is 16.3. The molecule has 2 heterocycles. The summed E-state index contributed by atoms with van der Waals surface area (Å²) in [5.41, 5.74) is 2.39. The van der Waals surface area contributed by atoms with Gasteiger partial charge in [0.1, 0.15) is 5.82 Å². The number of nitrogens with zero attached hydrogens (tertiary/aromatic N) is 3. The lowest BCUT2D eigenvalue weighted by Gasteiger charge is -2.19. The van der Waals surface area contributed by atoms with Crippen molar-refractivity contribution in [3.05, 3.63) is 60.7 Å². The number of phenolic OH excluding ortho intramolecular Hbond substituents is 2. The lowest BCUT2D eigenvalue weighted by Crippen LogP contribution is -2.12. The zero-order valence-corrected chi connectivity index (χ0v) is 13.9. The van der Waals surface area contributed by atoms with Gasteiger partial charge < -0.3 is 15.5 Å². The topological polar surface area (TPSA) is 91.2 Å². The van der Waals surface area contributed by atoms with Gasteiger partial charge >= 0.3 is 0 Å². The van der Waals surface area contributed by atoms with Crippen LogP contribution in [0, 0.1) is 0 Å². The van der Waals surface area contributed by atoms with Gasteiger partial charge in [0, 0.05) is 18.0 Å². The molecule has 0 spiro atoms. The normalized spacial score (nSPS) is 11.9. The van der Waals surface area contributed by atoms with Crippen molar-refractivity contribution < 1.29 is 10.2 Å². The Hall–Kier alpha value is -3.15. The Morgan fingerprint density at radius 1 is 1.04 bits per heavy atom. The lowest BCUT2D eigenvalue weighted by atomic mass is 10.0. The largest absolute Gasteiger partial charge is 0.504 e. The van der Waals surface area contributed by atoms with Gasteiger partial charge in [0.2, 0.25) is 0 Å². The summed E-state index contributed by atoms with van der Waals surface area (Å²) >= 11 is 0. The molecule has 2 aromatic heterocycles. The zero-order valence-electron chi connectivity index (χ0n) is 13.9. The Bertz CT molecular complexity index is 840. The first kappa shape index (κ1) is 16.7. The Balaban J connectivity index is 1.86. The molecule has 0 fully saturated rings. The fraction of sp³-hybridized carbons (Fsp3) is 0.211. The summed E-state index contributed by atoms with van der Waals surface area (Å²) in [7, 11) is 0. The van der Waals surface area contributed by atoms with E-state index in [-0.39, 0.29) is 17.5 Å². The second kappa shape index (κ2) is 7.61. The SMILES string of the molecule is CCC[C@@H](Nc1cncc(-c2ccc(O)c(O)c2)n1)c1cccnc1. The molecule has 0 radical (unpaired) electrons. The van der Waals surface area contributed by atoms with Crippen LogP contribution >= 0.6 is 0 Å². The standard InChI is InChI=1S/C19H20N4O2/c1-2-4-15(14-5-3-8-20-10-14)22-19-12-21-11-16(23-19)13-6-7-17(24)18(25)9-13/h3,5-12,15,24-25H,2,4H2,1H3,(H,22,23)/t15-/m1/s1. The summed E-state index contributed by atoms with van der Waals surface area (Å²) in [6, 6.07) is 8.64. The monoisotopic (exact) mass is 336 g/mol. The predicted molar refractivity (Wildman–Crippen MR) is 96.3 cm³/mol. The maximum absolute atomic E-state index is 9.67. The Labute approximate surface area is 146 Å². The summed E-state index contributed by atoms with van der Waals surface area (Å²) in [5.74, 6) is 0.301. The molecule has 1 atom stereocenters. The smallest absolute Gasteiger partial charge is 0.158 e. The van der Waals surface area contributed by atoms with E-state index < -0.39 is 0 Å². The van der Waals surface area contributed by atoms with Crippen molar-refractivity contribution in [1.29, 1.82) is 0 Å². The summed E-state index contributed by atoms with van der Waals surface area (Å²) < 4.78 is 0. The molecule has 128 valence electrons. The highest BCUT2D eigenvalue weighted by molar-refractivity contribution is 5.64. The number of hydrogen-bond donors (Lipinski definition) is 3. The molecule has 6 heteroatoms. The summed E-state index contributed by atoms with van der Waals surface area (Å²) in [6.07, 6.45) is 8.86. The van der Waals surface area contributed by atoms with Crippen molar-refractivity contribution in [2.45, 2.75) is 25.8 Å². The number of aromatic hydroxyl groups is 2. The van der Waals surface area contributed by atoms with Crippen molar-refractivity contribution in [2.24, 2.45) is 0 Å². The van der Waals surface area contributed by atoms with Crippen LogP contribution in [-0.4, -0.2) is 25.2 Å². The maximum Gasteiger partial charge on any atom is 0.158 e. The average Bonchev–Trinajstić information content (AvgIpc) is 2.65. The van der Waals surface area contributed by atoms with E-state index in [9.17, 15) is 10.2 Å². The molecule has 0 saturated heterocycles. The fourth-order valence-electron chi connectivity index (χ4n) is 2.63. The van der Waals surface area contributed by atoms with Gasteiger partial charge in [0.15, 0.2) is 11.5 Å². The van der Waals surface area contributed by atoms with Crippen molar-refractivity contribution in [2.75, 3.05) is 5.32 Å². The summed E-state index contributed by atoms with van der Waals surface area (Å²) in [5, 5.41) is 22.5. The van der Waals surface area contributed by atoms with Crippen LogP contribution in [0.3, 0.4) is 0 Å². The number of rotatable bonds is 6. The second-order valence-electron chi connectivity index (χ2n) is 5.77. The number of hydrogen-bond acceptors (Lipinski definition) is 6. The number of phenols is 2. The number of aromatic nitrogens is 3.